The molecule has 0 heterocycles. The summed E-state index contributed by atoms with van der Waals surface area (Å²) in [5.74, 6) is 0.312. The topological polar surface area (TPSA) is 72.6 Å². The van der Waals surface area contributed by atoms with Crippen LogP contribution in [-0.4, -0.2) is 33.4 Å². The van der Waals surface area contributed by atoms with E-state index in [0.717, 1.165) is 18.4 Å². The zero-order valence-electron chi connectivity index (χ0n) is 12.2. The lowest BCUT2D eigenvalue weighted by Crippen LogP contribution is -2.28. The number of nitrogens with zero attached hydrogens (tertiary/aromatic N) is 1. The fourth-order valence-electron chi connectivity index (χ4n) is 1.78. The Morgan fingerprint density at radius 3 is 2.65 bits per heavy atom. The van der Waals surface area contributed by atoms with Crippen LogP contribution in [0.3, 0.4) is 0 Å². The van der Waals surface area contributed by atoms with Crippen molar-refractivity contribution in [2.24, 2.45) is 0 Å². The second-order valence-electron chi connectivity index (χ2n) is 4.62. The number of nitrogen functional groups attached to an aromatic ring is 1. The molecule has 0 aromatic heterocycles. The molecule has 0 aliphatic carbocycles. The Labute approximate surface area is 121 Å². The molecule has 0 amide bonds. The summed E-state index contributed by atoms with van der Waals surface area (Å²) < 4.78 is 31.5. The standard InChI is InChI=1S/C14H22N2O3S/c1-5-6-7-8-16(3)20(17,18)14-10-12(15)11(2)9-13(14)19-4/h5,9-10H,1,6-8,15H2,2-4H3. The minimum atomic E-state index is -3.61. The van der Waals surface area contributed by atoms with E-state index in [9.17, 15) is 8.42 Å². The van der Waals surface area contributed by atoms with Crippen LogP contribution < -0.4 is 10.5 Å². The van der Waals surface area contributed by atoms with Crippen LogP contribution in [0.4, 0.5) is 5.69 Å². The van der Waals surface area contributed by atoms with Gasteiger partial charge in [-0.25, -0.2) is 12.7 Å². The van der Waals surface area contributed by atoms with Crippen molar-refractivity contribution in [1.82, 2.24) is 4.31 Å². The molecule has 1 aromatic carbocycles. The number of rotatable bonds is 7. The van der Waals surface area contributed by atoms with Gasteiger partial charge in [0, 0.05) is 19.3 Å². The Morgan fingerprint density at radius 1 is 1.45 bits per heavy atom. The second kappa shape index (κ2) is 6.76. The molecule has 0 saturated carbocycles. The van der Waals surface area contributed by atoms with E-state index in [0.29, 0.717) is 18.0 Å². The van der Waals surface area contributed by atoms with E-state index < -0.39 is 10.0 Å². The van der Waals surface area contributed by atoms with Crippen molar-refractivity contribution in [3.8, 4) is 5.75 Å². The fraction of sp³-hybridized carbons (Fsp3) is 0.429. The average Bonchev–Trinajstić information content (AvgIpc) is 2.41. The van der Waals surface area contributed by atoms with Gasteiger partial charge in [0.2, 0.25) is 10.0 Å². The molecule has 1 rings (SSSR count). The molecule has 5 nitrogen and oxygen atoms in total. The molecule has 0 fully saturated rings. The molecule has 2 N–H and O–H groups in total. The van der Waals surface area contributed by atoms with Crippen molar-refractivity contribution in [3.63, 3.8) is 0 Å². The molecule has 0 saturated heterocycles. The van der Waals surface area contributed by atoms with Crippen LogP contribution in [0.15, 0.2) is 29.7 Å². The predicted molar refractivity (Wildman–Crippen MR) is 81.4 cm³/mol. The van der Waals surface area contributed by atoms with Gasteiger partial charge in [0.25, 0.3) is 0 Å². The number of ether oxygens (including phenoxy) is 1. The Kier molecular flexibility index (Phi) is 5.59. The van der Waals surface area contributed by atoms with Crippen molar-refractivity contribution < 1.29 is 13.2 Å². The lowest BCUT2D eigenvalue weighted by molar-refractivity contribution is 0.397. The predicted octanol–water partition coefficient (Wildman–Crippen LogP) is 2.17. The molecule has 0 aliphatic rings. The molecule has 0 atom stereocenters. The first-order valence-electron chi connectivity index (χ1n) is 6.36. The monoisotopic (exact) mass is 298 g/mol. The summed E-state index contributed by atoms with van der Waals surface area (Å²) in [6, 6.07) is 3.09. The number of hydrogen-bond donors (Lipinski definition) is 1. The summed E-state index contributed by atoms with van der Waals surface area (Å²) in [6.45, 7) is 5.85. The fourth-order valence-corrected chi connectivity index (χ4v) is 3.16. The van der Waals surface area contributed by atoms with Crippen LogP contribution >= 0.6 is 0 Å². The van der Waals surface area contributed by atoms with Crippen LogP contribution in [0.1, 0.15) is 18.4 Å². The number of methoxy groups -OCH3 is 1. The van der Waals surface area contributed by atoms with Gasteiger partial charge in [0.1, 0.15) is 10.6 Å². The summed E-state index contributed by atoms with van der Waals surface area (Å²) in [6.07, 6.45) is 3.26. The Balaban J connectivity index is 3.14. The van der Waals surface area contributed by atoms with Gasteiger partial charge in [-0.1, -0.05) is 6.08 Å². The van der Waals surface area contributed by atoms with E-state index >= 15 is 0 Å². The first-order chi connectivity index (χ1) is 9.34. The number of allylic oxidation sites excluding steroid dienone is 1. The number of nitrogens with two attached hydrogens (primary N) is 1. The Hall–Kier alpha value is -1.53. The molecule has 6 heteroatoms. The second-order valence-corrected chi connectivity index (χ2v) is 6.63. The van der Waals surface area contributed by atoms with E-state index in [4.69, 9.17) is 10.5 Å². The first kappa shape index (κ1) is 16.5. The third-order valence-electron chi connectivity index (χ3n) is 3.12. The molecule has 1 aromatic rings. The van der Waals surface area contributed by atoms with E-state index in [2.05, 4.69) is 6.58 Å². The van der Waals surface area contributed by atoms with E-state index in [1.807, 2.05) is 6.92 Å². The normalized spacial score (nSPS) is 11.6. The summed E-state index contributed by atoms with van der Waals surface area (Å²) >= 11 is 0. The molecular weight excluding hydrogens is 276 g/mol. The van der Waals surface area contributed by atoms with Gasteiger partial charge in [-0.15, -0.1) is 6.58 Å². The third-order valence-corrected chi connectivity index (χ3v) is 5.00. The molecule has 0 bridgehead atoms. The number of hydrogen-bond acceptors (Lipinski definition) is 4. The Bertz CT molecular complexity index is 582. The van der Waals surface area contributed by atoms with Crippen LogP contribution in [0.25, 0.3) is 0 Å². The van der Waals surface area contributed by atoms with Crippen LogP contribution in [0.5, 0.6) is 5.75 Å². The van der Waals surface area contributed by atoms with Crippen LogP contribution in [0, 0.1) is 6.92 Å². The number of sulfonamides is 1. The Morgan fingerprint density at radius 2 is 2.10 bits per heavy atom. The summed E-state index contributed by atoms with van der Waals surface area (Å²) in [4.78, 5) is 0.101. The number of aryl methyl sites for hydroxylation is 1. The smallest absolute Gasteiger partial charge is 0.246 e. The summed E-state index contributed by atoms with van der Waals surface area (Å²) in [5.41, 5.74) is 7.03. The van der Waals surface area contributed by atoms with Crippen LogP contribution in [-0.2, 0) is 10.0 Å². The van der Waals surface area contributed by atoms with Gasteiger partial charge in [-0.2, -0.15) is 0 Å². The van der Waals surface area contributed by atoms with Gasteiger partial charge in [0.15, 0.2) is 0 Å². The number of benzene rings is 1. The molecular formula is C14H22N2O3S. The van der Waals surface area contributed by atoms with Crippen LogP contribution in [0.2, 0.25) is 0 Å². The molecule has 0 unspecified atom stereocenters. The zero-order chi connectivity index (χ0) is 15.3. The summed E-state index contributed by atoms with van der Waals surface area (Å²) in [7, 11) is -0.612. The van der Waals surface area contributed by atoms with Crippen molar-refractivity contribution in [2.45, 2.75) is 24.7 Å². The first-order valence-corrected chi connectivity index (χ1v) is 7.80. The highest BCUT2D eigenvalue weighted by atomic mass is 32.2. The lowest BCUT2D eigenvalue weighted by Gasteiger charge is -2.19. The molecule has 20 heavy (non-hydrogen) atoms. The molecule has 0 radical (unpaired) electrons. The number of anilines is 1. The highest BCUT2D eigenvalue weighted by Gasteiger charge is 2.25. The lowest BCUT2D eigenvalue weighted by atomic mass is 10.2. The molecule has 112 valence electrons. The quantitative estimate of drug-likeness (QED) is 0.476. The van der Waals surface area contributed by atoms with Crippen molar-refractivity contribution in [1.29, 1.82) is 0 Å². The maximum atomic E-state index is 12.5. The maximum Gasteiger partial charge on any atom is 0.246 e. The van der Waals surface area contributed by atoms with E-state index in [1.165, 1.54) is 17.5 Å². The maximum absolute atomic E-state index is 12.5. The highest BCUT2D eigenvalue weighted by Crippen LogP contribution is 2.30. The van der Waals surface area contributed by atoms with Crippen molar-refractivity contribution in [2.75, 3.05) is 26.4 Å². The van der Waals surface area contributed by atoms with Crippen molar-refractivity contribution >= 4 is 15.7 Å². The van der Waals surface area contributed by atoms with Crippen molar-refractivity contribution in [3.05, 3.63) is 30.4 Å². The molecule has 0 spiro atoms. The zero-order valence-corrected chi connectivity index (χ0v) is 13.0. The minimum Gasteiger partial charge on any atom is -0.495 e. The SMILES string of the molecule is C=CCCCN(C)S(=O)(=O)c1cc(N)c(C)cc1OC. The average molecular weight is 298 g/mol. The highest BCUT2D eigenvalue weighted by molar-refractivity contribution is 7.89. The van der Waals surface area contributed by atoms with E-state index in [1.54, 1.807) is 19.2 Å². The summed E-state index contributed by atoms with van der Waals surface area (Å²) in [5, 5.41) is 0. The number of unbranched alkanes of at least 4 members (excludes halogenated alkanes) is 1. The van der Waals surface area contributed by atoms with E-state index in [-0.39, 0.29) is 4.90 Å². The van der Waals surface area contributed by atoms with Gasteiger partial charge in [-0.3, -0.25) is 0 Å². The molecule has 0 aliphatic heterocycles. The van der Waals surface area contributed by atoms with Gasteiger partial charge < -0.3 is 10.5 Å². The van der Waals surface area contributed by atoms with Gasteiger partial charge >= 0.3 is 0 Å². The largest absolute Gasteiger partial charge is 0.495 e. The third kappa shape index (κ3) is 3.52. The minimum absolute atomic E-state index is 0.101. The van der Waals surface area contributed by atoms with Gasteiger partial charge in [0.05, 0.1) is 7.11 Å². The van der Waals surface area contributed by atoms with Gasteiger partial charge in [-0.05, 0) is 37.5 Å².